The Hall–Kier alpha value is -3.60. The lowest BCUT2D eigenvalue weighted by Crippen LogP contribution is -2.37. The minimum atomic E-state index is -0.710. The fourth-order valence-electron chi connectivity index (χ4n) is 4.37. The van der Waals surface area contributed by atoms with E-state index < -0.39 is 6.04 Å². The summed E-state index contributed by atoms with van der Waals surface area (Å²) in [6.07, 6.45) is 0. The Morgan fingerprint density at radius 3 is 2.34 bits per heavy atom. The number of hydrogen-bond donors (Lipinski definition) is 1. The van der Waals surface area contributed by atoms with Crippen LogP contribution in [-0.2, 0) is 11.3 Å². The number of carbonyl (C=O) groups excluding carboxylic acids is 2. The smallest absolute Gasteiger partial charge is 0.255 e. The van der Waals surface area contributed by atoms with Crippen LogP contribution in [-0.4, -0.2) is 29.8 Å². The van der Waals surface area contributed by atoms with E-state index in [2.05, 4.69) is 30.1 Å². The van der Waals surface area contributed by atoms with Gasteiger partial charge in [-0.1, -0.05) is 48.5 Å². The number of aryl methyl sites for hydroxylation is 1. The molecular weight excluding hydrogens is 398 g/mol. The van der Waals surface area contributed by atoms with E-state index in [-0.39, 0.29) is 11.8 Å². The van der Waals surface area contributed by atoms with Gasteiger partial charge in [-0.2, -0.15) is 0 Å². The van der Waals surface area contributed by atoms with Crippen molar-refractivity contribution >= 4 is 23.2 Å². The number of nitrogens with one attached hydrogen (secondary N) is 1. The molecule has 32 heavy (non-hydrogen) atoms. The van der Waals surface area contributed by atoms with Crippen LogP contribution in [0.4, 0.5) is 11.4 Å². The zero-order valence-electron chi connectivity index (χ0n) is 18.8. The van der Waals surface area contributed by atoms with E-state index in [1.165, 1.54) is 0 Å². The number of nitrogens with zero attached hydrogens (tertiary/aromatic N) is 2. The van der Waals surface area contributed by atoms with Crippen LogP contribution in [0.25, 0.3) is 0 Å². The molecule has 0 unspecified atom stereocenters. The molecule has 3 aromatic rings. The summed E-state index contributed by atoms with van der Waals surface area (Å²) in [4.78, 5) is 30.7. The summed E-state index contributed by atoms with van der Waals surface area (Å²) in [5.74, 6) is -0.325. The zero-order valence-corrected chi connectivity index (χ0v) is 18.8. The Morgan fingerprint density at radius 1 is 1.00 bits per heavy atom. The lowest BCUT2D eigenvalue weighted by atomic mass is 10.0. The summed E-state index contributed by atoms with van der Waals surface area (Å²) in [5.41, 5.74) is 5.30. The molecule has 1 N–H and O–H groups in total. The van der Waals surface area contributed by atoms with Gasteiger partial charge in [0.15, 0.2) is 0 Å². The van der Waals surface area contributed by atoms with Crippen molar-refractivity contribution in [3.05, 3.63) is 95.1 Å². The van der Waals surface area contributed by atoms with Gasteiger partial charge in [-0.25, -0.2) is 0 Å². The third-order valence-electron chi connectivity index (χ3n) is 6.12. The predicted octanol–water partition coefficient (Wildman–Crippen LogP) is 5.18. The predicted molar refractivity (Wildman–Crippen MR) is 129 cm³/mol. The van der Waals surface area contributed by atoms with Crippen LogP contribution >= 0.6 is 0 Å². The number of anilines is 2. The Balaban J connectivity index is 1.63. The summed E-state index contributed by atoms with van der Waals surface area (Å²) in [7, 11) is 0. The molecule has 2 amide bonds. The van der Waals surface area contributed by atoms with Gasteiger partial charge >= 0.3 is 0 Å². The zero-order chi connectivity index (χ0) is 22.7. The van der Waals surface area contributed by atoms with Crippen LogP contribution in [0.1, 0.15) is 46.9 Å². The van der Waals surface area contributed by atoms with Crippen LogP contribution in [0.3, 0.4) is 0 Å². The minimum absolute atomic E-state index is 0.113. The van der Waals surface area contributed by atoms with Crippen molar-refractivity contribution in [2.24, 2.45) is 0 Å². The molecule has 0 bridgehead atoms. The van der Waals surface area contributed by atoms with Crippen molar-refractivity contribution in [2.75, 3.05) is 23.3 Å². The first-order chi connectivity index (χ1) is 15.5. The van der Waals surface area contributed by atoms with E-state index in [4.69, 9.17) is 0 Å². The van der Waals surface area contributed by atoms with Gasteiger partial charge in [0, 0.05) is 36.6 Å². The molecule has 1 aliphatic heterocycles. The highest BCUT2D eigenvalue weighted by molar-refractivity contribution is 6.04. The molecule has 0 aliphatic carbocycles. The highest BCUT2D eigenvalue weighted by atomic mass is 16.2. The molecular formula is C27H29N3O2. The third kappa shape index (κ3) is 4.11. The van der Waals surface area contributed by atoms with Gasteiger partial charge in [-0.05, 0) is 61.7 Å². The van der Waals surface area contributed by atoms with Gasteiger partial charge < -0.3 is 15.1 Å². The Bertz CT molecular complexity index is 1120. The number of rotatable bonds is 7. The molecule has 5 heteroatoms. The van der Waals surface area contributed by atoms with Gasteiger partial charge in [0.1, 0.15) is 6.04 Å². The number of benzene rings is 3. The Morgan fingerprint density at radius 2 is 1.69 bits per heavy atom. The summed E-state index contributed by atoms with van der Waals surface area (Å²) in [5, 5.41) is 3.08. The van der Waals surface area contributed by atoms with Crippen LogP contribution in [0.2, 0.25) is 0 Å². The van der Waals surface area contributed by atoms with E-state index in [0.29, 0.717) is 12.1 Å². The van der Waals surface area contributed by atoms with Crippen molar-refractivity contribution < 1.29 is 9.59 Å². The standard InChI is InChI=1S/C27H29N3O2/c1-4-29(5-2)22-15-16-24(19(3)17-22)28-26(31)25(20-11-7-6-8-12-20)30-18-21-13-9-10-14-23(21)27(30)32/h6-17,25H,4-5,18H2,1-3H3,(H,28,31)/t25-/m0/s1. The maximum Gasteiger partial charge on any atom is 0.255 e. The Labute approximate surface area is 189 Å². The number of hydrogen-bond acceptors (Lipinski definition) is 3. The molecule has 1 aliphatic rings. The highest BCUT2D eigenvalue weighted by Gasteiger charge is 2.37. The average Bonchev–Trinajstić information content (AvgIpc) is 3.13. The van der Waals surface area contributed by atoms with Crippen molar-refractivity contribution in [1.29, 1.82) is 0 Å². The molecule has 1 heterocycles. The van der Waals surface area contributed by atoms with Crippen molar-refractivity contribution in [3.63, 3.8) is 0 Å². The van der Waals surface area contributed by atoms with Crippen LogP contribution in [0.5, 0.6) is 0 Å². The van der Waals surface area contributed by atoms with Gasteiger partial charge in [-0.3, -0.25) is 9.59 Å². The number of carbonyl (C=O) groups is 2. The second kappa shape index (κ2) is 9.27. The van der Waals surface area contributed by atoms with Crippen molar-refractivity contribution in [3.8, 4) is 0 Å². The molecule has 0 saturated heterocycles. The number of amides is 2. The first kappa shape index (κ1) is 21.6. The maximum absolute atomic E-state index is 13.6. The lowest BCUT2D eigenvalue weighted by molar-refractivity contribution is -0.120. The van der Waals surface area contributed by atoms with Gasteiger partial charge in [0.05, 0.1) is 0 Å². The molecule has 0 radical (unpaired) electrons. The van der Waals surface area contributed by atoms with E-state index in [9.17, 15) is 9.59 Å². The van der Waals surface area contributed by atoms with E-state index in [0.717, 1.165) is 41.2 Å². The fraction of sp³-hybridized carbons (Fsp3) is 0.259. The van der Waals surface area contributed by atoms with Crippen molar-refractivity contribution in [1.82, 2.24) is 4.90 Å². The maximum atomic E-state index is 13.6. The summed E-state index contributed by atoms with van der Waals surface area (Å²) in [6, 6.07) is 22.4. The van der Waals surface area contributed by atoms with Gasteiger partial charge in [-0.15, -0.1) is 0 Å². The largest absolute Gasteiger partial charge is 0.372 e. The normalized spacial score (nSPS) is 13.6. The van der Waals surface area contributed by atoms with Gasteiger partial charge in [0.2, 0.25) is 0 Å². The van der Waals surface area contributed by atoms with Crippen molar-refractivity contribution in [2.45, 2.75) is 33.4 Å². The van der Waals surface area contributed by atoms with Crippen LogP contribution < -0.4 is 10.2 Å². The molecule has 0 spiro atoms. The quantitative estimate of drug-likeness (QED) is 0.565. The second-order valence-corrected chi connectivity index (χ2v) is 8.06. The topological polar surface area (TPSA) is 52.7 Å². The lowest BCUT2D eigenvalue weighted by Gasteiger charge is -2.28. The van der Waals surface area contributed by atoms with Gasteiger partial charge in [0.25, 0.3) is 11.8 Å². The first-order valence-electron chi connectivity index (χ1n) is 11.1. The minimum Gasteiger partial charge on any atom is -0.372 e. The molecule has 5 nitrogen and oxygen atoms in total. The molecule has 3 aromatic carbocycles. The first-order valence-corrected chi connectivity index (χ1v) is 11.1. The SMILES string of the molecule is CCN(CC)c1ccc(NC(=O)[C@H](c2ccccc2)N2Cc3ccccc3C2=O)c(C)c1. The summed E-state index contributed by atoms with van der Waals surface area (Å²) in [6.45, 7) is 8.53. The summed E-state index contributed by atoms with van der Waals surface area (Å²) < 4.78 is 0. The summed E-state index contributed by atoms with van der Waals surface area (Å²) >= 11 is 0. The molecule has 0 aromatic heterocycles. The van der Waals surface area contributed by atoms with Crippen LogP contribution in [0, 0.1) is 6.92 Å². The molecule has 0 fully saturated rings. The number of fused-ring (bicyclic) bond motifs is 1. The molecule has 1 atom stereocenters. The monoisotopic (exact) mass is 427 g/mol. The third-order valence-corrected chi connectivity index (χ3v) is 6.12. The molecule has 164 valence electrons. The van der Waals surface area contributed by atoms with E-state index in [1.807, 2.05) is 73.7 Å². The molecule has 0 saturated carbocycles. The van der Waals surface area contributed by atoms with Crippen LogP contribution in [0.15, 0.2) is 72.8 Å². The Kier molecular flexibility index (Phi) is 6.26. The average molecular weight is 428 g/mol. The fourth-order valence-corrected chi connectivity index (χ4v) is 4.37. The molecule has 4 rings (SSSR count). The van der Waals surface area contributed by atoms with E-state index in [1.54, 1.807) is 4.90 Å². The highest BCUT2D eigenvalue weighted by Crippen LogP contribution is 2.33. The van der Waals surface area contributed by atoms with E-state index >= 15 is 0 Å². The second-order valence-electron chi connectivity index (χ2n) is 8.06.